The number of ether oxygens (including phenoxy) is 1. The van der Waals surface area contributed by atoms with E-state index in [1.54, 1.807) is 19.2 Å². The van der Waals surface area contributed by atoms with Crippen LogP contribution in [-0.2, 0) is 19.1 Å². The number of aryl methyl sites for hydroxylation is 1. The van der Waals surface area contributed by atoms with E-state index in [9.17, 15) is 4.79 Å². The van der Waals surface area contributed by atoms with Crippen LogP contribution in [0, 0.1) is 6.92 Å². The van der Waals surface area contributed by atoms with E-state index < -0.39 is 11.9 Å². The fourth-order valence-corrected chi connectivity index (χ4v) is 1.80. The predicted octanol–water partition coefficient (Wildman–Crippen LogP) is 1.63. The van der Waals surface area contributed by atoms with Gasteiger partial charge in [0.1, 0.15) is 0 Å². The maximum absolute atomic E-state index is 11.7. The van der Waals surface area contributed by atoms with Gasteiger partial charge in [0.05, 0.1) is 28.9 Å². The summed E-state index contributed by atoms with van der Waals surface area (Å²) < 4.78 is 4.86. The Balaban J connectivity index is 0.000000754. The molecule has 0 saturated heterocycles. The molecule has 1 rings (SSSR count). The maximum atomic E-state index is 11.7. The third kappa shape index (κ3) is 8.68. The number of hydrogen-bond donors (Lipinski definition) is 4. The Morgan fingerprint density at radius 3 is 2.25 bits per heavy atom. The highest BCUT2D eigenvalue weighted by molar-refractivity contribution is 6.40. The van der Waals surface area contributed by atoms with Gasteiger partial charge in [-0.15, -0.1) is 0 Å². The number of carbonyl (C=O) groups excluding carboxylic acids is 1. The summed E-state index contributed by atoms with van der Waals surface area (Å²) in [6.07, 6.45) is 0. The minimum absolute atomic E-state index is 0.184. The molecular weight excluding hydrogens is 363 g/mol. The average Bonchev–Trinajstić information content (AvgIpc) is 2.52. The zero-order valence-corrected chi connectivity index (χ0v) is 14.6. The largest absolute Gasteiger partial charge is 0.473 e. The first-order valence-corrected chi connectivity index (χ1v) is 7.36. The highest BCUT2D eigenvalue weighted by Gasteiger charge is 2.11. The molecule has 0 aliphatic rings. The SMILES string of the molecule is COCCNCC(=O)Nc1c(Cl)ccc(C)c1Cl.O=C(O)C(=O)O. The average molecular weight is 381 g/mol. The zero-order chi connectivity index (χ0) is 18.7. The Bertz CT molecular complexity index is 583. The molecule has 0 saturated carbocycles. The molecule has 0 radical (unpaired) electrons. The molecule has 10 heteroatoms. The Morgan fingerprint density at radius 1 is 1.17 bits per heavy atom. The van der Waals surface area contributed by atoms with Crippen molar-refractivity contribution in [1.29, 1.82) is 0 Å². The van der Waals surface area contributed by atoms with Gasteiger partial charge in [0.15, 0.2) is 0 Å². The molecule has 0 heterocycles. The standard InChI is InChI=1S/C12H16Cl2N2O2.C2H2O4/c1-8-3-4-9(13)12(11(8)14)16-10(17)7-15-5-6-18-2;3-1(4)2(5)6/h3-4,15H,5-7H2,1-2H3,(H,16,17);(H,3,4)(H,5,6). The van der Waals surface area contributed by atoms with E-state index >= 15 is 0 Å². The van der Waals surface area contributed by atoms with E-state index in [4.69, 9.17) is 47.7 Å². The molecule has 0 aliphatic heterocycles. The molecule has 0 aliphatic carbocycles. The number of nitrogens with one attached hydrogen (secondary N) is 2. The number of hydrogen-bond acceptors (Lipinski definition) is 5. The lowest BCUT2D eigenvalue weighted by Gasteiger charge is -2.11. The molecule has 0 spiro atoms. The van der Waals surface area contributed by atoms with E-state index in [1.807, 2.05) is 6.92 Å². The second-order valence-corrected chi connectivity index (χ2v) is 5.17. The molecule has 0 aromatic heterocycles. The lowest BCUT2D eigenvalue weighted by Crippen LogP contribution is -2.30. The highest BCUT2D eigenvalue weighted by atomic mass is 35.5. The van der Waals surface area contributed by atoms with E-state index in [2.05, 4.69) is 10.6 Å². The normalized spacial score (nSPS) is 9.67. The number of methoxy groups -OCH3 is 1. The summed E-state index contributed by atoms with van der Waals surface area (Å²) in [4.78, 5) is 29.9. The van der Waals surface area contributed by atoms with Gasteiger partial charge in [-0.05, 0) is 18.6 Å². The first-order chi connectivity index (χ1) is 11.2. The van der Waals surface area contributed by atoms with Crippen LogP contribution in [0.4, 0.5) is 5.69 Å². The molecule has 0 bridgehead atoms. The summed E-state index contributed by atoms with van der Waals surface area (Å²) in [5.74, 6) is -3.84. The summed E-state index contributed by atoms with van der Waals surface area (Å²) in [6.45, 7) is 3.20. The van der Waals surface area contributed by atoms with Crippen LogP contribution in [-0.4, -0.2) is 54.9 Å². The van der Waals surface area contributed by atoms with Crippen LogP contribution < -0.4 is 10.6 Å². The van der Waals surface area contributed by atoms with Gasteiger partial charge in [0.2, 0.25) is 5.91 Å². The number of anilines is 1. The summed E-state index contributed by atoms with van der Waals surface area (Å²) in [7, 11) is 1.61. The van der Waals surface area contributed by atoms with Gasteiger partial charge in [-0.1, -0.05) is 29.3 Å². The summed E-state index contributed by atoms with van der Waals surface area (Å²) in [5.41, 5.74) is 1.32. The molecule has 0 atom stereocenters. The molecule has 0 unspecified atom stereocenters. The smallest absolute Gasteiger partial charge is 0.414 e. The Kier molecular flexibility index (Phi) is 10.7. The number of rotatable bonds is 6. The second kappa shape index (κ2) is 11.6. The molecule has 1 aromatic carbocycles. The molecule has 1 amide bonds. The number of benzene rings is 1. The summed E-state index contributed by atoms with van der Waals surface area (Å²) >= 11 is 12.1. The molecule has 1 aromatic rings. The van der Waals surface area contributed by atoms with Gasteiger partial charge >= 0.3 is 11.9 Å². The Morgan fingerprint density at radius 2 is 1.75 bits per heavy atom. The quantitative estimate of drug-likeness (QED) is 0.436. The highest BCUT2D eigenvalue weighted by Crippen LogP contribution is 2.32. The number of amides is 1. The van der Waals surface area contributed by atoms with E-state index in [0.29, 0.717) is 28.9 Å². The zero-order valence-electron chi connectivity index (χ0n) is 13.1. The first-order valence-electron chi connectivity index (χ1n) is 6.61. The molecular formula is C14H18Cl2N2O6. The molecule has 134 valence electrons. The van der Waals surface area contributed by atoms with Gasteiger partial charge in [-0.25, -0.2) is 9.59 Å². The summed E-state index contributed by atoms with van der Waals surface area (Å²) in [6, 6.07) is 3.51. The fourth-order valence-electron chi connectivity index (χ4n) is 1.33. The first kappa shape index (κ1) is 22.1. The topological polar surface area (TPSA) is 125 Å². The second-order valence-electron chi connectivity index (χ2n) is 4.38. The van der Waals surface area contributed by atoms with Crippen LogP contribution in [0.25, 0.3) is 0 Å². The van der Waals surface area contributed by atoms with Crippen LogP contribution in [0.2, 0.25) is 10.0 Å². The van der Waals surface area contributed by atoms with Crippen LogP contribution in [0.15, 0.2) is 12.1 Å². The van der Waals surface area contributed by atoms with Crippen molar-refractivity contribution in [3.05, 3.63) is 27.7 Å². The van der Waals surface area contributed by atoms with Gasteiger partial charge < -0.3 is 25.6 Å². The van der Waals surface area contributed by atoms with E-state index in [-0.39, 0.29) is 12.5 Å². The van der Waals surface area contributed by atoms with Crippen LogP contribution in [0.3, 0.4) is 0 Å². The Labute approximate surface area is 148 Å². The van der Waals surface area contributed by atoms with Gasteiger partial charge in [-0.3, -0.25) is 4.79 Å². The number of aliphatic carboxylic acids is 2. The Hall–Kier alpha value is -1.87. The van der Waals surface area contributed by atoms with Crippen LogP contribution in [0.5, 0.6) is 0 Å². The molecule has 0 fully saturated rings. The molecule has 4 N–H and O–H groups in total. The number of carboxylic acid groups (broad SMARTS) is 2. The third-order valence-corrected chi connectivity index (χ3v) is 3.30. The third-order valence-electron chi connectivity index (χ3n) is 2.50. The van der Waals surface area contributed by atoms with Crippen molar-refractivity contribution < 1.29 is 29.3 Å². The predicted molar refractivity (Wildman–Crippen MR) is 89.8 cm³/mol. The number of carboxylic acids is 2. The monoisotopic (exact) mass is 380 g/mol. The molecule has 24 heavy (non-hydrogen) atoms. The van der Waals surface area contributed by atoms with Crippen LogP contribution in [0.1, 0.15) is 5.56 Å². The number of carbonyl (C=O) groups is 3. The van der Waals surface area contributed by atoms with E-state index in [1.165, 1.54) is 0 Å². The number of halogens is 2. The fraction of sp³-hybridized carbons (Fsp3) is 0.357. The van der Waals surface area contributed by atoms with Crippen molar-refractivity contribution in [3.8, 4) is 0 Å². The van der Waals surface area contributed by atoms with Gasteiger partial charge in [0.25, 0.3) is 0 Å². The minimum Gasteiger partial charge on any atom is -0.473 e. The van der Waals surface area contributed by atoms with E-state index in [0.717, 1.165) is 5.56 Å². The molecule has 8 nitrogen and oxygen atoms in total. The van der Waals surface area contributed by atoms with Gasteiger partial charge in [0, 0.05) is 13.7 Å². The minimum atomic E-state index is -1.82. The van der Waals surface area contributed by atoms with Crippen molar-refractivity contribution in [2.75, 3.05) is 32.1 Å². The van der Waals surface area contributed by atoms with Crippen molar-refractivity contribution in [2.45, 2.75) is 6.92 Å². The lowest BCUT2D eigenvalue weighted by atomic mass is 10.2. The van der Waals surface area contributed by atoms with Gasteiger partial charge in [-0.2, -0.15) is 0 Å². The van der Waals surface area contributed by atoms with Crippen molar-refractivity contribution >= 4 is 46.7 Å². The van der Waals surface area contributed by atoms with Crippen molar-refractivity contribution in [2.24, 2.45) is 0 Å². The van der Waals surface area contributed by atoms with Crippen LogP contribution >= 0.6 is 23.2 Å². The maximum Gasteiger partial charge on any atom is 0.414 e. The lowest BCUT2D eigenvalue weighted by molar-refractivity contribution is -0.159. The van der Waals surface area contributed by atoms with Crippen molar-refractivity contribution in [1.82, 2.24) is 5.32 Å². The summed E-state index contributed by atoms with van der Waals surface area (Å²) in [5, 5.41) is 21.3. The van der Waals surface area contributed by atoms with Crippen molar-refractivity contribution in [3.63, 3.8) is 0 Å².